The number of hydrogen-bond donors (Lipinski definition) is 1. The molecule has 0 aliphatic carbocycles. The molecular weight excluding hydrogens is 392 g/mol. The SMILES string of the molecule is CCc1ccc(/C(O)=C2/C(=O)C(=O)N(c3ccc(C#N)cc3)C2c2ccc(C)o2)cc1. The maximum absolute atomic E-state index is 13.0. The fourth-order valence-electron chi connectivity index (χ4n) is 3.72. The molecule has 31 heavy (non-hydrogen) atoms. The molecule has 1 amide bonds. The minimum Gasteiger partial charge on any atom is -0.507 e. The number of rotatable bonds is 4. The highest BCUT2D eigenvalue weighted by Crippen LogP contribution is 2.42. The number of aliphatic hydroxyl groups is 1. The van der Waals surface area contributed by atoms with Crippen LogP contribution in [0.3, 0.4) is 0 Å². The van der Waals surface area contributed by atoms with Crippen LogP contribution in [0.1, 0.15) is 41.2 Å². The second-order valence-corrected chi connectivity index (χ2v) is 7.33. The second kappa shape index (κ2) is 7.96. The number of nitriles is 1. The summed E-state index contributed by atoms with van der Waals surface area (Å²) in [6, 6.07) is 18.1. The van der Waals surface area contributed by atoms with E-state index in [-0.39, 0.29) is 11.3 Å². The van der Waals surface area contributed by atoms with Gasteiger partial charge >= 0.3 is 0 Å². The molecule has 1 N–H and O–H groups in total. The van der Waals surface area contributed by atoms with Crippen LogP contribution >= 0.6 is 0 Å². The Bertz CT molecular complexity index is 1230. The van der Waals surface area contributed by atoms with Crippen LogP contribution in [-0.4, -0.2) is 16.8 Å². The van der Waals surface area contributed by atoms with E-state index in [9.17, 15) is 14.7 Å². The van der Waals surface area contributed by atoms with Gasteiger partial charge in [0.15, 0.2) is 0 Å². The number of ketones is 1. The van der Waals surface area contributed by atoms with Crippen molar-refractivity contribution in [2.45, 2.75) is 26.3 Å². The van der Waals surface area contributed by atoms with Gasteiger partial charge in [0, 0.05) is 11.3 Å². The predicted molar refractivity (Wildman–Crippen MR) is 115 cm³/mol. The largest absolute Gasteiger partial charge is 0.507 e. The highest BCUT2D eigenvalue weighted by Gasteiger charge is 2.48. The van der Waals surface area contributed by atoms with E-state index in [0.717, 1.165) is 12.0 Å². The van der Waals surface area contributed by atoms with Crippen molar-refractivity contribution in [1.82, 2.24) is 0 Å². The van der Waals surface area contributed by atoms with Crippen molar-refractivity contribution in [2.75, 3.05) is 4.90 Å². The van der Waals surface area contributed by atoms with Gasteiger partial charge in [0.2, 0.25) is 0 Å². The van der Waals surface area contributed by atoms with Gasteiger partial charge in [0.25, 0.3) is 11.7 Å². The van der Waals surface area contributed by atoms with Crippen molar-refractivity contribution >= 4 is 23.1 Å². The Morgan fingerprint density at radius 1 is 1.06 bits per heavy atom. The summed E-state index contributed by atoms with van der Waals surface area (Å²) >= 11 is 0. The smallest absolute Gasteiger partial charge is 0.300 e. The maximum Gasteiger partial charge on any atom is 0.300 e. The summed E-state index contributed by atoms with van der Waals surface area (Å²) in [5.41, 5.74) is 2.37. The van der Waals surface area contributed by atoms with Gasteiger partial charge in [-0.2, -0.15) is 5.26 Å². The Morgan fingerprint density at radius 2 is 1.74 bits per heavy atom. The summed E-state index contributed by atoms with van der Waals surface area (Å²) in [5.74, 6) is -0.826. The molecule has 4 rings (SSSR count). The van der Waals surface area contributed by atoms with Gasteiger partial charge in [0.05, 0.1) is 17.2 Å². The highest BCUT2D eigenvalue weighted by atomic mass is 16.3. The number of Topliss-reactive ketones (excluding diaryl/α,β-unsaturated/α-hetero) is 1. The number of benzene rings is 2. The first-order valence-corrected chi connectivity index (χ1v) is 9.91. The lowest BCUT2D eigenvalue weighted by Gasteiger charge is -2.23. The van der Waals surface area contributed by atoms with E-state index in [4.69, 9.17) is 9.68 Å². The number of amides is 1. The first kappa shape index (κ1) is 20.2. The third-order valence-corrected chi connectivity index (χ3v) is 5.39. The van der Waals surface area contributed by atoms with Crippen LogP contribution in [0, 0.1) is 18.3 Å². The van der Waals surface area contributed by atoms with Gasteiger partial charge in [0.1, 0.15) is 23.3 Å². The molecule has 2 heterocycles. The quantitative estimate of drug-likeness (QED) is 0.382. The summed E-state index contributed by atoms with van der Waals surface area (Å²) < 4.78 is 5.77. The molecule has 1 unspecified atom stereocenters. The average Bonchev–Trinajstić information content (AvgIpc) is 3.34. The molecule has 0 spiro atoms. The zero-order valence-corrected chi connectivity index (χ0v) is 17.1. The molecule has 1 fully saturated rings. The fourth-order valence-corrected chi connectivity index (χ4v) is 3.72. The second-order valence-electron chi connectivity index (χ2n) is 7.33. The molecule has 1 saturated heterocycles. The van der Waals surface area contributed by atoms with Gasteiger partial charge in [-0.1, -0.05) is 31.2 Å². The number of carbonyl (C=O) groups is 2. The van der Waals surface area contributed by atoms with E-state index in [0.29, 0.717) is 28.3 Å². The summed E-state index contributed by atoms with van der Waals surface area (Å²) in [7, 11) is 0. The first-order chi connectivity index (χ1) is 14.9. The lowest BCUT2D eigenvalue weighted by molar-refractivity contribution is -0.132. The Hall–Kier alpha value is -4.11. The van der Waals surface area contributed by atoms with E-state index in [1.54, 1.807) is 55.5 Å². The van der Waals surface area contributed by atoms with Gasteiger partial charge in [-0.3, -0.25) is 14.5 Å². The molecule has 0 saturated carbocycles. The van der Waals surface area contributed by atoms with Crippen LogP contribution in [0.4, 0.5) is 5.69 Å². The molecule has 3 aromatic rings. The van der Waals surface area contributed by atoms with E-state index >= 15 is 0 Å². The third kappa shape index (κ3) is 3.51. The predicted octanol–water partition coefficient (Wildman–Crippen LogP) is 4.65. The first-order valence-electron chi connectivity index (χ1n) is 9.91. The van der Waals surface area contributed by atoms with Crippen molar-refractivity contribution < 1.29 is 19.1 Å². The Labute approximate surface area is 179 Å². The van der Waals surface area contributed by atoms with Crippen LogP contribution in [0.25, 0.3) is 5.76 Å². The molecule has 154 valence electrons. The molecule has 0 bridgehead atoms. The highest BCUT2D eigenvalue weighted by molar-refractivity contribution is 6.51. The van der Waals surface area contributed by atoms with Crippen molar-refractivity contribution in [3.63, 3.8) is 0 Å². The Morgan fingerprint density at radius 3 is 2.29 bits per heavy atom. The topological polar surface area (TPSA) is 94.5 Å². The minimum atomic E-state index is -0.924. The number of nitrogens with zero attached hydrogens (tertiary/aromatic N) is 2. The monoisotopic (exact) mass is 412 g/mol. The molecule has 1 aromatic heterocycles. The molecule has 0 radical (unpaired) electrons. The summed E-state index contributed by atoms with van der Waals surface area (Å²) in [6.07, 6.45) is 0.843. The van der Waals surface area contributed by atoms with Crippen molar-refractivity contribution in [1.29, 1.82) is 5.26 Å². The molecule has 1 aliphatic rings. The van der Waals surface area contributed by atoms with E-state index < -0.39 is 17.7 Å². The number of hydrogen-bond acceptors (Lipinski definition) is 5. The molecule has 1 atom stereocenters. The van der Waals surface area contributed by atoms with Crippen LogP contribution in [0.2, 0.25) is 0 Å². The standard InChI is InChI=1S/C25H20N2O4/c1-3-16-5-9-18(10-6-16)23(28)21-22(20-13-4-15(2)31-20)27(25(30)24(21)29)19-11-7-17(14-26)8-12-19/h4-13,22,28H,3H2,1-2H3/b23-21-. The molecule has 1 aliphatic heterocycles. The van der Waals surface area contributed by atoms with E-state index in [2.05, 4.69) is 0 Å². The van der Waals surface area contributed by atoms with Crippen molar-refractivity contribution in [3.8, 4) is 6.07 Å². The normalized spacial score (nSPS) is 17.7. The summed E-state index contributed by atoms with van der Waals surface area (Å²) in [6.45, 7) is 3.79. The minimum absolute atomic E-state index is 0.0343. The maximum atomic E-state index is 13.0. The number of aliphatic hydroxyl groups excluding tert-OH is 1. The number of carbonyl (C=O) groups excluding carboxylic acids is 2. The van der Waals surface area contributed by atoms with Crippen molar-refractivity contribution in [2.24, 2.45) is 0 Å². The molecule has 6 nitrogen and oxygen atoms in total. The fraction of sp³-hybridized carbons (Fsp3) is 0.160. The van der Waals surface area contributed by atoms with Gasteiger partial charge in [-0.15, -0.1) is 0 Å². The Kier molecular flexibility index (Phi) is 5.18. The van der Waals surface area contributed by atoms with Crippen LogP contribution in [-0.2, 0) is 16.0 Å². The Balaban J connectivity index is 1.89. The third-order valence-electron chi connectivity index (χ3n) is 5.39. The summed E-state index contributed by atoms with van der Waals surface area (Å²) in [4.78, 5) is 27.4. The zero-order valence-electron chi connectivity index (χ0n) is 17.1. The lowest BCUT2D eigenvalue weighted by Crippen LogP contribution is -2.29. The lowest BCUT2D eigenvalue weighted by atomic mass is 9.98. The van der Waals surface area contributed by atoms with E-state index in [1.807, 2.05) is 25.1 Å². The van der Waals surface area contributed by atoms with Gasteiger partial charge < -0.3 is 9.52 Å². The molecular formula is C25H20N2O4. The number of furan rings is 1. The average molecular weight is 412 g/mol. The number of aryl methyl sites for hydroxylation is 2. The van der Waals surface area contributed by atoms with E-state index in [1.165, 1.54) is 4.90 Å². The summed E-state index contributed by atoms with van der Waals surface area (Å²) in [5, 5.41) is 20.1. The van der Waals surface area contributed by atoms with Crippen LogP contribution < -0.4 is 4.90 Å². The van der Waals surface area contributed by atoms with Crippen LogP contribution in [0.5, 0.6) is 0 Å². The van der Waals surface area contributed by atoms with Gasteiger partial charge in [-0.05, 0) is 55.3 Å². The number of anilines is 1. The molecule has 6 heteroatoms. The van der Waals surface area contributed by atoms with Crippen molar-refractivity contribution in [3.05, 3.63) is 94.4 Å². The van der Waals surface area contributed by atoms with Gasteiger partial charge in [-0.25, -0.2) is 0 Å². The zero-order chi connectivity index (χ0) is 22.1. The molecule has 2 aromatic carbocycles. The van der Waals surface area contributed by atoms with Crippen LogP contribution in [0.15, 0.2) is 70.7 Å².